The first kappa shape index (κ1) is 12.0. The summed E-state index contributed by atoms with van der Waals surface area (Å²) >= 11 is 0. The zero-order chi connectivity index (χ0) is 10.2. The molecule has 1 N–H and O–H groups in total. The van der Waals surface area contributed by atoms with E-state index >= 15 is 0 Å². The zero-order valence-corrected chi connectivity index (χ0v) is 9.42. The minimum atomic E-state index is 0.658. The molecule has 1 fully saturated rings. The Morgan fingerprint density at radius 1 is 1.50 bits per heavy atom. The van der Waals surface area contributed by atoms with Crippen molar-refractivity contribution in [3.63, 3.8) is 0 Å². The van der Waals surface area contributed by atoms with E-state index in [-0.39, 0.29) is 0 Å². The van der Waals surface area contributed by atoms with E-state index in [1.165, 1.54) is 6.42 Å². The number of nitrogens with one attached hydrogen (secondary N) is 1. The number of rotatable bonds is 6. The quantitative estimate of drug-likeness (QED) is 0.659. The highest BCUT2D eigenvalue weighted by atomic mass is 16.5. The number of methoxy groups -OCH3 is 1. The highest BCUT2D eigenvalue weighted by molar-refractivity contribution is 4.79. The average molecular weight is 201 g/mol. The van der Waals surface area contributed by atoms with Crippen molar-refractivity contribution in [1.29, 1.82) is 0 Å². The average Bonchev–Trinajstić information content (AvgIpc) is 2.21. The summed E-state index contributed by atoms with van der Waals surface area (Å²) in [4.78, 5) is 0. The molecule has 1 heterocycles. The molecule has 0 aliphatic carbocycles. The summed E-state index contributed by atoms with van der Waals surface area (Å²) in [5.74, 6) is 0.679. The summed E-state index contributed by atoms with van der Waals surface area (Å²) in [6.07, 6.45) is 3.52. The van der Waals surface area contributed by atoms with Gasteiger partial charge in [0.15, 0.2) is 0 Å². The van der Waals surface area contributed by atoms with Crippen LogP contribution < -0.4 is 5.32 Å². The minimum absolute atomic E-state index is 0.658. The largest absolute Gasteiger partial charge is 0.385 e. The molecular weight excluding hydrogens is 178 g/mol. The Bertz CT molecular complexity index is 139. The van der Waals surface area contributed by atoms with Crippen LogP contribution in [0.15, 0.2) is 0 Å². The van der Waals surface area contributed by atoms with Gasteiger partial charge in [-0.05, 0) is 31.7 Å². The zero-order valence-electron chi connectivity index (χ0n) is 9.42. The van der Waals surface area contributed by atoms with E-state index in [0.717, 1.165) is 39.2 Å². The van der Waals surface area contributed by atoms with Crippen LogP contribution in [-0.2, 0) is 9.47 Å². The molecule has 2 atom stereocenters. The van der Waals surface area contributed by atoms with Gasteiger partial charge in [0.05, 0.1) is 6.61 Å². The van der Waals surface area contributed by atoms with Gasteiger partial charge in [-0.2, -0.15) is 0 Å². The van der Waals surface area contributed by atoms with Crippen LogP contribution in [0.4, 0.5) is 0 Å². The van der Waals surface area contributed by atoms with Gasteiger partial charge in [-0.3, -0.25) is 0 Å². The first-order valence-corrected chi connectivity index (χ1v) is 5.68. The topological polar surface area (TPSA) is 30.5 Å². The SMILES string of the molecule is CCNC1CCOCC1CCCOC. The molecule has 0 radical (unpaired) electrons. The Morgan fingerprint density at radius 2 is 2.36 bits per heavy atom. The molecule has 0 bridgehead atoms. The minimum Gasteiger partial charge on any atom is -0.385 e. The molecule has 84 valence electrons. The summed E-state index contributed by atoms with van der Waals surface area (Å²) in [6, 6.07) is 0.658. The Labute approximate surface area is 87.2 Å². The molecule has 0 aromatic carbocycles. The fraction of sp³-hybridized carbons (Fsp3) is 1.00. The molecule has 2 unspecified atom stereocenters. The van der Waals surface area contributed by atoms with Crippen LogP contribution in [0.1, 0.15) is 26.2 Å². The van der Waals surface area contributed by atoms with Gasteiger partial charge in [0, 0.05) is 26.4 Å². The Morgan fingerprint density at radius 3 is 3.07 bits per heavy atom. The van der Waals surface area contributed by atoms with Crippen molar-refractivity contribution in [2.24, 2.45) is 5.92 Å². The summed E-state index contributed by atoms with van der Waals surface area (Å²) in [5.41, 5.74) is 0. The van der Waals surface area contributed by atoms with Gasteiger partial charge in [-0.25, -0.2) is 0 Å². The van der Waals surface area contributed by atoms with Crippen molar-refractivity contribution in [2.75, 3.05) is 33.5 Å². The van der Waals surface area contributed by atoms with Gasteiger partial charge in [0.25, 0.3) is 0 Å². The second-order valence-electron chi connectivity index (χ2n) is 3.92. The molecule has 1 aliphatic heterocycles. The lowest BCUT2D eigenvalue weighted by Gasteiger charge is -2.32. The molecule has 1 aliphatic rings. The maximum absolute atomic E-state index is 5.51. The summed E-state index contributed by atoms with van der Waals surface area (Å²) < 4.78 is 10.6. The molecule has 0 spiro atoms. The monoisotopic (exact) mass is 201 g/mol. The highest BCUT2D eigenvalue weighted by Crippen LogP contribution is 2.19. The van der Waals surface area contributed by atoms with Crippen molar-refractivity contribution in [3.05, 3.63) is 0 Å². The van der Waals surface area contributed by atoms with Crippen LogP contribution in [-0.4, -0.2) is 39.5 Å². The van der Waals surface area contributed by atoms with E-state index < -0.39 is 0 Å². The van der Waals surface area contributed by atoms with Gasteiger partial charge in [-0.15, -0.1) is 0 Å². The predicted molar refractivity (Wildman–Crippen MR) is 57.5 cm³/mol. The van der Waals surface area contributed by atoms with Gasteiger partial charge < -0.3 is 14.8 Å². The molecule has 1 rings (SSSR count). The standard InChI is InChI=1S/C11H23NO2/c1-3-12-11-6-8-14-9-10(11)5-4-7-13-2/h10-12H,3-9H2,1-2H3. The first-order chi connectivity index (χ1) is 6.88. The van der Waals surface area contributed by atoms with Crippen LogP contribution in [0.2, 0.25) is 0 Å². The van der Waals surface area contributed by atoms with Gasteiger partial charge >= 0.3 is 0 Å². The number of hydrogen-bond donors (Lipinski definition) is 1. The lowest BCUT2D eigenvalue weighted by molar-refractivity contribution is 0.0258. The molecule has 3 heteroatoms. The van der Waals surface area contributed by atoms with Gasteiger partial charge in [-0.1, -0.05) is 6.92 Å². The van der Waals surface area contributed by atoms with E-state index in [9.17, 15) is 0 Å². The Kier molecular flexibility index (Phi) is 6.15. The van der Waals surface area contributed by atoms with Crippen LogP contribution >= 0.6 is 0 Å². The van der Waals surface area contributed by atoms with E-state index in [4.69, 9.17) is 9.47 Å². The third-order valence-electron chi connectivity index (χ3n) is 2.86. The number of hydrogen-bond acceptors (Lipinski definition) is 3. The molecule has 14 heavy (non-hydrogen) atoms. The van der Waals surface area contributed by atoms with Crippen LogP contribution in [0.3, 0.4) is 0 Å². The molecular formula is C11H23NO2. The Hall–Kier alpha value is -0.120. The third-order valence-corrected chi connectivity index (χ3v) is 2.86. The van der Waals surface area contributed by atoms with Gasteiger partial charge in [0.2, 0.25) is 0 Å². The molecule has 1 saturated heterocycles. The molecule has 0 aromatic rings. The predicted octanol–water partition coefficient (Wildman–Crippen LogP) is 1.43. The van der Waals surface area contributed by atoms with Crippen molar-refractivity contribution in [1.82, 2.24) is 5.32 Å². The summed E-state index contributed by atoms with van der Waals surface area (Å²) in [5, 5.41) is 3.54. The van der Waals surface area contributed by atoms with Crippen molar-refractivity contribution in [3.8, 4) is 0 Å². The smallest absolute Gasteiger partial charge is 0.0509 e. The first-order valence-electron chi connectivity index (χ1n) is 5.68. The lowest BCUT2D eigenvalue weighted by Crippen LogP contribution is -2.42. The van der Waals surface area contributed by atoms with Crippen molar-refractivity contribution >= 4 is 0 Å². The number of ether oxygens (including phenoxy) is 2. The second kappa shape index (κ2) is 7.21. The maximum atomic E-state index is 5.51. The van der Waals surface area contributed by atoms with E-state index in [0.29, 0.717) is 12.0 Å². The second-order valence-corrected chi connectivity index (χ2v) is 3.92. The van der Waals surface area contributed by atoms with Crippen LogP contribution in [0, 0.1) is 5.92 Å². The molecule has 3 nitrogen and oxygen atoms in total. The molecule has 0 saturated carbocycles. The summed E-state index contributed by atoms with van der Waals surface area (Å²) in [7, 11) is 1.76. The van der Waals surface area contributed by atoms with Gasteiger partial charge in [0.1, 0.15) is 0 Å². The van der Waals surface area contributed by atoms with Crippen LogP contribution in [0.5, 0.6) is 0 Å². The summed E-state index contributed by atoms with van der Waals surface area (Å²) in [6.45, 7) is 5.93. The highest BCUT2D eigenvalue weighted by Gasteiger charge is 2.24. The van der Waals surface area contributed by atoms with Crippen LogP contribution in [0.25, 0.3) is 0 Å². The lowest BCUT2D eigenvalue weighted by atomic mass is 9.91. The normalized spacial score (nSPS) is 27.9. The van der Waals surface area contributed by atoms with E-state index in [1.807, 2.05) is 0 Å². The van der Waals surface area contributed by atoms with Crippen molar-refractivity contribution in [2.45, 2.75) is 32.2 Å². The van der Waals surface area contributed by atoms with E-state index in [1.54, 1.807) is 7.11 Å². The molecule has 0 aromatic heterocycles. The van der Waals surface area contributed by atoms with Crippen molar-refractivity contribution < 1.29 is 9.47 Å². The maximum Gasteiger partial charge on any atom is 0.0509 e. The fourth-order valence-corrected chi connectivity index (χ4v) is 2.10. The van der Waals surface area contributed by atoms with E-state index in [2.05, 4.69) is 12.2 Å². The molecule has 0 amide bonds. The fourth-order valence-electron chi connectivity index (χ4n) is 2.10. The Balaban J connectivity index is 2.22. The third kappa shape index (κ3) is 3.95.